The lowest BCUT2D eigenvalue weighted by molar-refractivity contribution is -0.120. The molecule has 0 aliphatic heterocycles. The SMILES string of the molecule is CN=C(NCc1cccc(NC(=O)C2CCCCC2)c1)NCc1ccc(C)s1. The van der Waals surface area contributed by atoms with Crippen molar-refractivity contribution in [3.63, 3.8) is 0 Å². The van der Waals surface area contributed by atoms with E-state index in [0.717, 1.165) is 36.6 Å². The van der Waals surface area contributed by atoms with Gasteiger partial charge in [-0.05, 0) is 49.6 Å². The Kier molecular flexibility index (Phi) is 7.48. The number of benzene rings is 1. The van der Waals surface area contributed by atoms with Gasteiger partial charge >= 0.3 is 0 Å². The molecule has 3 N–H and O–H groups in total. The molecular weight excluding hydrogens is 368 g/mol. The summed E-state index contributed by atoms with van der Waals surface area (Å²) in [6.07, 6.45) is 5.61. The Hall–Kier alpha value is -2.34. The van der Waals surface area contributed by atoms with Crippen LogP contribution >= 0.6 is 11.3 Å². The molecule has 0 saturated heterocycles. The molecule has 0 atom stereocenters. The molecular formula is C22H30N4OS. The van der Waals surface area contributed by atoms with Crippen LogP contribution in [0, 0.1) is 12.8 Å². The van der Waals surface area contributed by atoms with Crippen LogP contribution in [0.15, 0.2) is 41.4 Å². The zero-order chi connectivity index (χ0) is 19.8. The summed E-state index contributed by atoms with van der Waals surface area (Å²) in [5.74, 6) is 1.09. The monoisotopic (exact) mass is 398 g/mol. The van der Waals surface area contributed by atoms with Gasteiger partial charge in [0, 0.05) is 35.0 Å². The molecule has 0 unspecified atom stereocenters. The number of nitrogens with one attached hydrogen (secondary N) is 3. The zero-order valence-electron chi connectivity index (χ0n) is 16.8. The minimum atomic E-state index is 0.161. The minimum Gasteiger partial charge on any atom is -0.352 e. The van der Waals surface area contributed by atoms with Crippen LogP contribution in [-0.4, -0.2) is 18.9 Å². The van der Waals surface area contributed by atoms with Crippen LogP contribution in [0.1, 0.15) is 47.4 Å². The van der Waals surface area contributed by atoms with Crippen LogP contribution in [0.25, 0.3) is 0 Å². The van der Waals surface area contributed by atoms with Gasteiger partial charge in [-0.25, -0.2) is 0 Å². The number of carbonyl (C=O) groups excluding carboxylic acids is 1. The lowest BCUT2D eigenvalue weighted by Crippen LogP contribution is -2.36. The largest absolute Gasteiger partial charge is 0.352 e. The van der Waals surface area contributed by atoms with E-state index in [0.29, 0.717) is 6.54 Å². The van der Waals surface area contributed by atoms with Gasteiger partial charge in [0.05, 0.1) is 6.54 Å². The van der Waals surface area contributed by atoms with Gasteiger partial charge in [-0.3, -0.25) is 9.79 Å². The fourth-order valence-electron chi connectivity index (χ4n) is 3.53. The highest BCUT2D eigenvalue weighted by atomic mass is 32.1. The average molecular weight is 399 g/mol. The molecule has 1 fully saturated rings. The molecule has 0 radical (unpaired) electrons. The molecule has 1 heterocycles. The van der Waals surface area contributed by atoms with Gasteiger partial charge < -0.3 is 16.0 Å². The molecule has 1 aliphatic rings. The summed E-state index contributed by atoms with van der Waals surface area (Å²) in [5.41, 5.74) is 1.98. The van der Waals surface area contributed by atoms with Crippen molar-refractivity contribution in [1.82, 2.24) is 10.6 Å². The van der Waals surface area contributed by atoms with Crippen LogP contribution in [0.5, 0.6) is 0 Å². The van der Waals surface area contributed by atoms with Crippen molar-refractivity contribution in [1.29, 1.82) is 0 Å². The summed E-state index contributed by atoms with van der Waals surface area (Å²) >= 11 is 1.79. The Labute approximate surface area is 171 Å². The highest BCUT2D eigenvalue weighted by Crippen LogP contribution is 2.25. The first kappa shape index (κ1) is 20.4. The van der Waals surface area contributed by atoms with Gasteiger partial charge in [0.1, 0.15) is 0 Å². The highest BCUT2D eigenvalue weighted by molar-refractivity contribution is 7.11. The first-order chi connectivity index (χ1) is 13.6. The summed E-state index contributed by atoms with van der Waals surface area (Å²) in [5, 5.41) is 9.77. The Morgan fingerprint density at radius 3 is 2.61 bits per heavy atom. The van der Waals surface area contributed by atoms with E-state index < -0.39 is 0 Å². The predicted octanol–water partition coefficient (Wildman–Crippen LogP) is 4.44. The van der Waals surface area contributed by atoms with E-state index >= 15 is 0 Å². The maximum Gasteiger partial charge on any atom is 0.227 e. The first-order valence-electron chi connectivity index (χ1n) is 10.0. The number of hydrogen-bond donors (Lipinski definition) is 3. The normalized spacial score (nSPS) is 15.3. The number of rotatable bonds is 6. The summed E-state index contributed by atoms with van der Waals surface area (Å²) in [6, 6.07) is 12.3. The highest BCUT2D eigenvalue weighted by Gasteiger charge is 2.21. The first-order valence-corrected chi connectivity index (χ1v) is 10.9. The smallest absolute Gasteiger partial charge is 0.227 e. The molecule has 5 nitrogen and oxygen atoms in total. The standard InChI is InChI=1S/C22H30N4OS/c1-16-11-12-20(28-16)15-25-22(23-2)24-14-17-7-6-10-19(13-17)26-21(27)18-8-4-3-5-9-18/h6-7,10-13,18H,3-5,8-9,14-15H2,1-2H3,(H,26,27)(H2,23,24,25). The van der Waals surface area contributed by atoms with Crippen LogP contribution < -0.4 is 16.0 Å². The molecule has 1 aliphatic carbocycles. The van der Waals surface area contributed by atoms with Gasteiger partial charge in [0.15, 0.2) is 5.96 Å². The molecule has 28 heavy (non-hydrogen) atoms. The van der Waals surface area contributed by atoms with Gasteiger partial charge in [0.25, 0.3) is 0 Å². The number of anilines is 1. The van der Waals surface area contributed by atoms with Crippen LogP contribution in [0.3, 0.4) is 0 Å². The third-order valence-corrected chi connectivity index (χ3v) is 6.08. The van der Waals surface area contributed by atoms with Crippen molar-refractivity contribution in [3.8, 4) is 0 Å². The molecule has 0 bridgehead atoms. The van der Waals surface area contributed by atoms with E-state index in [1.807, 2.05) is 18.2 Å². The Bertz CT molecular complexity index is 808. The molecule has 3 rings (SSSR count). The van der Waals surface area contributed by atoms with Gasteiger partial charge in [-0.2, -0.15) is 0 Å². The Balaban J connectivity index is 1.49. The second-order valence-corrected chi connectivity index (χ2v) is 8.69. The van der Waals surface area contributed by atoms with E-state index in [9.17, 15) is 4.79 Å². The molecule has 1 aromatic carbocycles. The number of carbonyl (C=O) groups is 1. The van der Waals surface area contributed by atoms with E-state index in [2.05, 4.69) is 46.1 Å². The second kappa shape index (κ2) is 10.3. The average Bonchev–Trinajstić information content (AvgIpc) is 3.14. The Morgan fingerprint density at radius 1 is 1.11 bits per heavy atom. The fourth-order valence-corrected chi connectivity index (χ4v) is 4.36. The predicted molar refractivity (Wildman–Crippen MR) is 118 cm³/mol. The number of aryl methyl sites for hydroxylation is 1. The van der Waals surface area contributed by atoms with Crippen LogP contribution in [0.2, 0.25) is 0 Å². The number of amides is 1. The minimum absolute atomic E-state index is 0.161. The number of aliphatic imine (C=N–C) groups is 1. The van der Waals surface area contributed by atoms with E-state index in [-0.39, 0.29) is 11.8 Å². The van der Waals surface area contributed by atoms with E-state index in [1.54, 1.807) is 18.4 Å². The maximum absolute atomic E-state index is 12.5. The van der Waals surface area contributed by atoms with Crippen molar-refractivity contribution in [3.05, 3.63) is 51.7 Å². The quantitative estimate of drug-likeness (QED) is 0.498. The molecule has 1 saturated carbocycles. The van der Waals surface area contributed by atoms with Crippen LogP contribution in [0.4, 0.5) is 5.69 Å². The van der Waals surface area contributed by atoms with Gasteiger partial charge in [-0.15, -0.1) is 11.3 Å². The summed E-state index contributed by atoms with van der Waals surface area (Å²) in [6.45, 7) is 3.52. The van der Waals surface area contributed by atoms with E-state index in [4.69, 9.17) is 0 Å². The van der Waals surface area contributed by atoms with Crippen LogP contribution in [-0.2, 0) is 17.9 Å². The molecule has 1 amide bonds. The zero-order valence-corrected chi connectivity index (χ0v) is 17.6. The summed E-state index contributed by atoms with van der Waals surface area (Å²) < 4.78 is 0. The van der Waals surface area contributed by atoms with Crippen molar-refractivity contribution in [2.45, 2.75) is 52.1 Å². The van der Waals surface area contributed by atoms with Gasteiger partial charge in [0.2, 0.25) is 5.91 Å². The molecule has 6 heteroatoms. The van der Waals surface area contributed by atoms with Gasteiger partial charge in [-0.1, -0.05) is 31.4 Å². The topological polar surface area (TPSA) is 65.5 Å². The Morgan fingerprint density at radius 2 is 1.89 bits per heavy atom. The lowest BCUT2D eigenvalue weighted by atomic mass is 9.88. The number of guanidine groups is 1. The molecule has 2 aromatic rings. The number of nitrogens with zero attached hydrogens (tertiary/aromatic N) is 1. The number of hydrogen-bond acceptors (Lipinski definition) is 3. The van der Waals surface area contributed by atoms with Crippen molar-refractivity contribution < 1.29 is 4.79 Å². The van der Waals surface area contributed by atoms with Crippen molar-refractivity contribution in [2.24, 2.45) is 10.9 Å². The summed E-state index contributed by atoms with van der Waals surface area (Å²) in [4.78, 5) is 19.3. The van der Waals surface area contributed by atoms with Crippen molar-refractivity contribution in [2.75, 3.05) is 12.4 Å². The molecule has 150 valence electrons. The lowest BCUT2D eigenvalue weighted by Gasteiger charge is -2.21. The fraction of sp³-hybridized carbons (Fsp3) is 0.455. The molecule has 1 aromatic heterocycles. The summed E-state index contributed by atoms with van der Waals surface area (Å²) in [7, 11) is 1.77. The van der Waals surface area contributed by atoms with E-state index in [1.165, 1.54) is 29.0 Å². The third kappa shape index (κ3) is 6.09. The third-order valence-electron chi connectivity index (χ3n) is 5.08. The number of thiophene rings is 1. The van der Waals surface area contributed by atoms with Crippen molar-refractivity contribution >= 4 is 28.9 Å². The maximum atomic E-state index is 12.5. The second-order valence-electron chi connectivity index (χ2n) is 7.32. The molecule has 0 spiro atoms.